The monoisotopic (exact) mass is 266 g/mol. The second-order valence-corrected chi connectivity index (χ2v) is 4.35. The van der Waals surface area contributed by atoms with E-state index in [1.54, 1.807) is 6.20 Å². The summed E-state index contributed by atoms with van der Waals surface area (Å²) in [5, 5.41) is 7.85. The van der Waals surface area contributed by atoms with Gasteiger partial charge in [-0.3, -0.25) is 0 Å². The van der Waals surface area contributed by atoms with Crippen LogP contribution in [0.15, 0.2) is 24.4 Å². The van der Waals surface area contributed by atoms with Crippen LogP contribution >= 0.6 is 0 Å². The Labute approximate surface area is 110 Å². The number of aromatic nitrogens is 3. The number of unbranched alkanes of at least 4 members (excludes halogenated alkanes) is 1. The van der Waals surface area contributed by atoms with Gasteiger partial charge in [0.2, 0.25) is 0 Å². The number of benzene rings is 1. The first-order valence-electron chi connectivity index (χ1n) is 6.22. The van der Waals surface area contributed by atoms with Gasteiger partial charge in [-0.15, -0.1) is 5.10 Å². The molecule has 0 aliphatic heterocycles. The molecule has 1 aromatic heterocycles. The molecule has 19 heavy (non-hydrogen) atoms. The summed E-state index contributed by atoms with van der Waals surface area (Å²) in [4.78, 5) is 0. The summed E-state index contributed by atoms with van der Waals surface area (Å²) in [6.45, 7) is 0.691. The summed E-state index contributed by atoms with van der Waals surface area (Å²) >= 11 is 0. The first-order chi connectivity index (χ1) is 9.20. The average Bonchev–Trinajstić information content (AvgIpc) is 2.82. The van der Waals surface area contributed by atoms with Crippen LogP contribution in [-0.2, 0) is 13.0 Å². The lowest BCUT2D eigenvalue weighted by atomic mass is 10.2. The predicted molar refractivity (Wildman–Crippen MR) is 67.5 cm³/mol. The van der Waals surface area contributed by atoms with E-state index in [0.717, 1.165) is 25.0 Å². The number of nitrogens with two attached hydrogens (primary N) is 1. The van der Waals surface area contributed by atoms with Crippen molar-refractivity contribution in [1.29, 1.82) is 0 Å². The van der Waals surface area contributed by atoms with E-state index in [9.17, 15) is 8.78 Å². The quantitative estimate of drug-likeness (QED) is 0.812. The Kier molecular flexibility index (Phi) is 4.57. The van der Waals surface area contributed by atoms with Crippen LogP contribution in [0.1, 0.15) is 24.1 Å². The maximum atomic E-state index is 13.5. The van der Waals surface area contributed by atoms with Crippen molar-refractivity contribution in [2.24, 2.45) is 5.73 Å². The van der Waals surface area contributed by atoms with Crippen molar-refractivity contribution >= 4 is 0 Å². The molecule has 0 spiro atoms. The van der Waals surface area contributed by atoms with Crippen LogP contribution < -0.4 is 5.73 Å². The van der Waals surface area contributed by atoms with Gasteiger partial charge in [0.1, 0.15) is 11.6 Å². The minimum atomic E-state index is -0.569. The van der Waals surface area contributed by atoms with Gasteiger partial charge in [0, 0.05) is 11.8 Å². The smallest absolute Gasteiger partial charge is 0.131 e. The van der Waals surface area contributed by atoms with Crippen molar-refractivity contribution in [3.63, 3.8) is 0 Å². The molecule has 0 saturated carbocycles. The van der Waals surface area contributed by atoms with Crippen LogP contribution in [0.2, 0.25) is 0 Å². The molecule has 1 aromatic carbocycles. The number of aryl methyl sites for hydroxylation is 1. The molecule has 0 aliphatic rings. The first kappa shape index (κ1) is 13.6. The Morgan fingerprint density at radius 2 is 1.89 bits per heavy atom. The van der Waals surface area contributed by atoms with Gasteiger partial charge >= 0.3 is 0 Å². The fourth-order valence-electron chi connectivity index (χ4n) is 1.83. The largest absolute Gasteiger partial charge is 0.330 e. The first-order valence-corrected chi connectivity index (χ1v) is 6.22. The maximum Gasteiger partial charge on any atom is 0.131 e. The number of hydrogen-bond donors (Lipinski definition) is 1. The van der Waals surface area contributed by atoms with Gasteiger partial charge < -0.3 is 5.73 Å². The lowest BCUT2D eigenvalue weighted by Gasteiger charge is -2.03. The molecular formula is C13H16F2N4. The second-order valence-electron chi connectivity index (χ2n) is 4.35. The van der Waals surface area contributed by atoms with E-state index in [1.165, 1.54) is 22.9 Å². The molecule has 2 N–H and O–H groups in total. The van der Waals surface area contributed by atoms with E-state index in [-0.39, 0.29) is 12.1 Å². The Balaban J connectivity index is 2.03. The Morgan fingerprint density at radius 3 is 2.58 bits per heavy atom. The van der Waals surface area contributed by atoms with Crippen molar-refractivity contribution in [3.05, 3.63) is 47.3 Å². The Hall–Kier alpha value is -1.82. The number of nitrogens with zero attached hydrogens (tertiary/aromatic N) is 3. The molecule has 1 heterocycles. The number of rotatable bonds is 6. The highest BCUT2D eigenvalue weighted by atomic mass is 19.1. The molecule has 0 bridgehead atoms. The SMILES string of the molecule is NCCCCc1cn(Cc2c(F)cccc2F)nn1. The van der Waals surface area contributed by atoms with Crippen LogP contribution in [-0.4, -0.2) is 21.5 Å². The molecule has 2 aromatic rings. The fraction of sp³-hybridized carbons (Fsp3) is 0.385. The lowest BCUT2D eigenvalue weighted by Crippen LogP contribution is -2.05. The van der Waals surface area contributed by atoms with Gasteiger partial charge in [-0.2, -0.15) is 0 Å². The molecule has 2 rings (SSSR count). The Morgan fingerprint density at radius 1 is 1.16 bits per heavy atom. The highest BCUT2D eigenvalue weighted by molar-refractivity contribution is 5.19. The van der Waals surface area contributed by atoms with Crippen molar-refractivity contribution < 1.29 is 8.78 Å². The average molecular weight is 266 g/mol. The standard InChI is InChI=1S/C13H16F2N4/c14-12-5-3-6-13(15)11(12)9-19-8-10(17-18-19)4-1-2-7-16/h3,5-6,8H,1-2,4,7,9,16H2. The topological polar surface area (TPSA) is 56.7 Å². The van der Waals surface area contributed by atoms with E-state index in [2.05, 4.69) is 10.3 Å². The van der Waals surface area contributed by atoms with Crippen molar-refractivity contribution in [3.8, 4) is 0 Å². The van der Waals surface area contributed by atoms with E-state index < -0.39 is 11.6 Å². The molecular weight excluding hydrogens is 250 g/mol. The normalized spacial score (nSPS) is 10.9. The molecule has 0 saturated heterocycles. The van der Waals surface area contributed by atoms with E-state index in [1.807, 2.05) is 0 Å². The molecule has 4 nitrogen and oxygen atoms in total. The van der Waals surface area contributed by atoms with Gasteiger partial charge in [-0.1, -0.05) is 11.3 Å². The molecule has 0 unspecified atom stereocenters. The van der Waals surface area contributed by atoms with Gasteiger partial charge in [0.05, 0.1) is 12.2 Å². The summed E-state index contributed by atoms with van der Waals surface area (Å²) in [6.07, 6.45) is 4.34. The fourth-order valence-corrected chi connectivity index (χ4v) is 1.83. The zero-order valence-corrected chi connectivity index (χ0v) is 10.5. The summed E-state index contributed by atoms with van der Waals surface area (Å²) < 4.78 is 28.4. The van der Waals surface area contributed by atoms with Crippen molar-refractivity contribution in [2.45, 2.75) is 25.8 Å². The summed E-state index contributed by atoms with van der Waals surface area (Å²) in [7, 11) is 0. The van der Waals surface area contributed by atoms with Gasteiger partial charge in [0.25, 0.3) is 0 Å². The van der Waals surface area contributed by atoms with Crippen LogP contribution in [0.3, 0.4) is 0 Å². The van der Waals surface area contributed by atoms with Crippen LogP contribution in [0, 0.1) is 11.6 Å². The summed E-state index contributed by atoms with van der Waals surface area (Å²) in [6, 6.07) is 3.81. The van der Waals surface area contributed by atoms with Gasteiger partial charge in [0.15, 0.2) is 0 Å². The summed E-state index contributed by atoms with van der Waals surface area (Å²) in [5.74, 6) is -1.14. The van der Waals surface area contributed by atoms with Gasteiger partial charge in [-0.05, 0) is 37.9 Å². The third kappa shape index (κ3) is 3.57. The maximum absolute atomic E-state index is 13.5. The van der Waals surface area contributed by atoms with Gasteiger partial charge in [-0.25, -0.2) is 13.5 Å². The molecule has 0 atom stereocenters. The molecule has 0 amide bonds. The molecule has 6 heteroatoms. The molecule has 102 valence electrons. The van der Waals surface area contributed by atoms with E-state index in [0.29, 0.717) is 6.54 Å². The van der Waals surface area contributed by atoms with E-state index in [4.69, 9.17) is 5.73 Å². The van der Waals surface area contributed by atoms with Crippen molar-refractivity contribution in [1.82, 2.24) is 15.0 Å². The second kappa shape index (κ2) is 6.38. The molecule has 0 fully saturated rings. The van der Waals surface area contributed by atoms with Crippen LogP contribution in [0.4, 0.5) is 8.78 Å². The third-order valence-electron chi connectivity index (χ3n) is 2.85. The minimum Gasteiger partial charge on any atom is -0.330 e. The third-order valence-corrected chi connectivity index (χ3v) is 2.85. The Bertz CT molecular complexity index is 519. The highest BCUT2D eigenvalue weighted by Crippen LogP contribution is 2.13. The zero-order chi connectivity index (χ0) is 13.7. The predicted octanol–water partition coefficient (Wildman–Crippen LogP) is 1.89. The van der Waals surface area contributed by atoms with E-state index >= 15 is 0 Å². The van der Waals surface area contributed by atoms with Crippen LogP contribution in [0.5, 0.6) is 0 Å². The number of hydrogen-bond acceptors (Lipinski definition) is 3. The summed E-state index contributed by atoms with van der Waals surface area (Å²) in [5.41, 5.74) is 6.22. The van der Waals surface area contributed by atoms with Crippen molar-refractivity contribution in [2.75, 3.05) is 6.54 Å². The van der Waals surface area contributed by atoms with Crippen LogP contribution in [0.25, 0.3) is 0 Å². The lowest BCUT2D eigenvalue weighted by molar-refractivity contribution is 0.528. The molecule has 0 radical (unpaired) electrons. The minimum absolute atomic E-state index is 0.000841. The highest BCUT2D eigenvalue weighted by Gasteiger charge is 2.10. The number of halogens is 2. The molecule has 0 aliphatic carbocycles. The zero-order valence-electron chi connectivity index (χ0n) is 10.5.